The van der Waals surface area contributed by atoms with Crippen LogP contribution in [0.15, 0.2) is 78.0 Å². The number of amides is 1. The van der Waals surface area contributed by atoms with Gasteiger partial charge in [0.25, 0.3) is 5.91 Å². The Morgan fingerprint density at radius 2 is 1.81 bits per heavy atom. The highest BCUT2D eigenvalue weighted by molar-refractivity contribution is 7.90. The van der Waals surface area contributed by atoms with Gasteiger partial charge in [0.2, 0.25) is 0 Å². The average molecular weight is 449 g/mol. The van der Waals surface area contributed by atoms with Gasteiger partial charge in [0.1, 0.15) is 6.33 Å². The van der Waals surface area contributed by atoms with Gasteiger partial charge in [0.15, 0.2) is 15.0 Å². The number of nitrogens with one attached hydrogen (secondary N) is 1. The van der Waals surface area contributed by atoms with Gasteiger partial charge in [-0.15, -0.1) is 0 Å². The number of aromatic nitrogens is 3. The van der Waals surface area contributed by atoms with Gasteiger partial charge in [-0.05, 0) is 48.5 Å². The molecule has 2 aromatic heterocycles. The van der Waals surface area contributed by atoms with Gasteiger partial charge >= 0.3 is 0 Å². The summed E-state index contributed by atoms with van der Waals surface area (Å²) in [7, 11) is -3.31. The molecule has 0 bridgehead atoms. The number of fused-ring (bicyclic) bond motifs is 2. The molecule has 154 valence electrons. The van der Waals surface area contributed by atoms with Crippen molar-refractivity contribution in [2.24, 2.45) is 0 Å². The fraction of sp³-hybridized carbons (Fsp3) is 0.0455. The van der Waals surface area contributed by atoms with Crippen molar-refractivity contribution in [3.63, 3.8) is 0 Å². The first-order chi connectivity index (χ1) is 14.9. The Morgan fingerprint density at radius 1 is 1.00 bits per heavy atom. The Bertz CT molecular complexity index is 1550. The lowest BCUT2D eigenvalue weighted by Gasteiger charge is -2.05. The molecule has 3 aromatic carbocycles. The molecule has 7 nitrogen and oxygen atoms in total. The molecule has 0 unspecified atom stereocenters. The number of nitrogens with zero attached hydrogens (tertiary/aromatic N) is 3. The highest BCUT2D eigenvalue weighted by Gasteiger charge is 2.14. The Kier molecular flexibility index (Phi) is 4.57. The third-order valence-electron chi connectivity index (χ3n) is 4.85. The largest absolute Gasteiger partial charge is 0.299 e. The van der Waals surface area contributed by atoms with Crippen LogP contribution >= 0.6 is 11.3 Å². The maximum Gasteiger partial charge on any atom is 0.257 e. The minimum atomic E-state index is -3.31. The first-order valence-corrected chi connectivity index (χ1v) is 12.0. The van der Waals surface area contributed by atoms with Crippen LogP contribution in [0, 0.1) is 0 Å². The fourth-order valence-electron chi connectivity index (χ4n) is 3.31. The minimum Gasteiger partial charge on any atom is -0.299 e. The number of carbonyl (C=O) groups is 1. The van der Waals surface area contributed by atoms with Crippen LogP contribution in [0.2, 0.25) is 0 Å². The number of sulfone groups is 1. The SMILES string of the molecule is CS(=O)(=O)c1ccc2nc(NC(=O)c3ccc4c(c3)ncn4-c3ccccc3)sc2c1. The maximum atomic E-state index is 12.8. The number of thiazole rings is 1. The highest BCUT2D eigenvalue weighted by atomic mass is 32.2. The number of hydrogen-bond acceptors (Lipinski definition) is 6. The Hall–Kier alpha value is -3.56. The third-order valence-corrected chi connectivity index (χ3v) is 6.90. The summed E-state index contributed by atoms with van der Waals surface area (Å²) in [5.74, 6) is -0.307. The van der Waals surface area contributed by atoms with Crippen molar-refractivity contribution in [3.8, 4) is 5.69 Å². The predicted molar refractivity (Wildman–Crippen MR) is 122 cm³/mol. The van der Waals surface area contributed by atoms with Crippen molar-refractivity contribution in [3.05, 3.63) is 78.6 Å². The van der Waals surface area contributed by atoms with Crippen LogP contribution in [0.25, 0.3) is 26.9 Å². The Balaban J connectivity index is 1.42. The van der Waals surface area contributed by atoms with E-state index in [1.54, 1.807) is 30.6 Å². The van der Waals surface area contributed by atoms with E-state index in [0.717, 1.165) is 17.5 Å². The molecule has 9 heteroatoms. The molecule has 0 spiro atoms. The van der Waals surface area contributed by atoms with Gasteiger partial charge < -0.3 is 0 Å². The first kappa shape index (κ1) is 19.4. The van der Waals surface area contributed by atoms with Crippen molar-refractivity contribution in [2.45, 2.75) is 4.90 Å². The molecular formula is C22H16N4O3S2. The molecule has 0 saturated heterocycles. The zero-order valence-electron chi connectivity index (χ0n) is 16.3. The lowest BCUT2D eigenvalue weighted by molar-refractivity contribution is 0.102. The molecule has 5 rings (SSSR count). The zero-order valence-corrected chi connectivity index (χ0v) is 17.9. The predicted octanol–water partition coefficient (Wildman–Crippen LogP) is 4.29. The molecule has 5 aromatic rings. The summed E-state index contributed by atoms with van der Waals surface area (Å²) in [5, 5.41) is 3.20. The number of benzene rings is 3. The summed E-state index contributed by atoms with van der Waals surface area (Å²) >= 11 is 1.23. The molecule has 0 fully saturated rings. The highest BCUT2D eigenvalue weighted by Crippen LogP contribution is 2.29. The smallest absolute Gasteiger partial charge is 0.257 e. The van der Waals surface area contributed by atoms with Gasteiger partial charge in [0, 0.05) is 17.5 Å². The van der Waals surface area contributed by atoms with Crippen molar-refractivity contribution in [1.29, 1.82) is 0 Å². The third kappa shape index (κ3) is 3.69. The van der Waals surface area contributed by atoms with Crippen molar-refractivity contribution < 1.29 is 13.2 Å². The number of rotatable bonds is 4. The molecule has 0 saturated carbocycles. The van der Waals surface area contributed by atoms with Crippen molar-refractivity contribution in [2.75, 3.05) is 11.6 Å². The number of para-hydroxylation sites is 1. The monoisotopic (exact) mass is 448 g/mol. The number of carbonyl (C=O) groups excluding carboxylic acids is 1. The molecule has 0 radical (unpaired) electrons. The summed E-state index contributed by atoms with van der Waals surface area (Å²) in [6.45, 7) is 0. The summed E-state index contributed by atoms with van der Waals surface area (Å²) in [6.07, 6.45) is 2.89. The molecular weight excluding hydrogens is 432 g/mol. The van der Waals surface area contributed by atoms with E-state index in [1.807, 2.05) is 41.0 Å². The quantitative estimate of drug-likeness (QED) is 0.443. The van der Waals surface area contributed by atoms with E-state index >= 15 is 0 Å². The Morgan fingerprint density at radius 3 is 2.58 bits per heavy atom. The van der Waals surface area contributed by atoms with E-state index in [-0.39, 0.29) is 10.8 Å². The van der Waals surface area contributed by atoms with Crippen LogP contribution in [-0.2, 0) is 9.84 Å². The summed E-state index contributed by atoms with van der Waals surface area (Å²) in [6, 6.07) is 19.9. The molecule has 0 aliphatic carbocycles. The number of hydrogen-bond donors (Lipinski definition) is 1. The van der Waals surface area contributed by atoms with E-state index in [9.17, 15) is 13.2 Å². The van der Waals surface area contributed by atoms with Crippen molar-refractivity contribution >= 4 is 53.5 Å². The second-order valence-electron chi connectivity index (χ2n) is 7.03. The molecule has 31 heavy (non-hydrogen) atoms. The summed E-state index contributed by atoms with van der Waals surface area (Å²) in [5.41, 5.74) is 3.69. The van der Waals surface area contributed by atoms with E-state index in [4.69, 9.17) is 0 Å². The van der Waals surface area contributed by atoms with Crippen LogP contribution in [0.5, 0.6) is 0 Å². The fourth-order valence-corrected chi connectivity index (χ4v) is 4.93. The average Bonchev–Trinajstić information content (AvgIpc) is 3.36. The van der Waals surface area contributed by atoms with E-state index in [2.05, 4.69) is 15.3 Å². The summed E-state index contributed by atoms with van der Waals surface area (Å²) < 4.78 is 26.2. The molecule has 2 heterocycles. The minimum absolute atomic E-state index is 0.223. The molecule has 0 atom stereocenters. The van der Waals surface area contributed by atoms with Gasteiger partial charge in [-0.25, -0.2) is 18.4 Å². The normalized spacial score (nSPS) is 11.8. The number of anilines is 1. The lowest BCUT2D eigenvalue weighted by Crippen LogP contribution is -2.11. The van der Waals surface area contributed by atoms with Crippen LogP contribution in [-0.4, -0.2) is 35.1 Å². The molecule has 1 amide bonds. The zero-order chi connectivity index (χ0) is 21.6. The number of imidazole rings is 1. The first-order valence-electron chi connectivity index (χ1n) is 9.33. The molecule has 0 aliphatic heterocycles. The van der Waals surface area contributed by atoms with Crippen molar-refractivity contribution in [1.82, 2.24) is 14.5 Å². The van der Waals surface area contributed by atoms with Crippen LogP contribution < -0.4 is 5.32 Å². The second-order valence-corrected chi connectivity index (χ2v) is 10.1. The molecule has 1 N–H and O–H groups in total. The maximum absolute atomic E-state index is 12.8. The van der Waals surface area contributed by atoms with E-state index in [1.165, 1.54) is 17.4 Å². The second kappa shape index (κ2) is 7.29. The van der Waals surface area contributed by atoms with E-state index < -0.39 is 9.84 Å². The van der Waals surface area contributed by atoms with Crippen LogP contribution in [0.3, 0.4) is 0 Å². The van der Waals surface area contributed by atoms with Crippen LogP contribution in [0.1, 0.15) is 10.4 Å². The standard InChI is InChI=1S/C22H16N4O3S2/c1-31(28,29)16-8-9-17-20(12-16)30-22(24-17)25-21(27)14-7-10-19-18(11-14)23-13-26(19)15-5-3-2-4-6-15/h2-13H,1H3,(H,24,25,27). The van der Waals surface area contributed by atoms with Gasteiger partial charge in [-0.2, -0.15) is 0 Å². The topological polar surface area (TPSA) is 93.9 Å². The van der Waals surface area contributed by atoms with Crippen LogP contribution in [0.4, 0.5) is 5.13 Å². The molecule has 0 aliphatic rings. The summed E-state index contributed by atoms with van der Waals surface area (Å²) in [4.78, 5) is 21.8. The van der Waals surface area contributed by atoms with Gasteiger partial charge in [-0.1, -0.05) is 29.5 Å². The Labute approximate surface area is 181 Å². The van der Waals surface area contributed by atoms with Gasteiger partial charge in [0.05, 0.1) is 26.1 Å². The lowest BCUT2D eigenvalue weighted by atomic mass is 10.2. The van der Waals surface area contributed by atoms with E-state index in [0.29, 0.717) is 26.4 Å². The van der Waals surface area contributed by atoms with Gasteiger partial charge in [-0.3, -0.25) is 14.7 Å².